The second kappa shape index (κ2) is 4.70. The van der Waals surface area contributed by atoms with Crippen molar-refractivity contribution in [3.05, 3.63) is 0 Å². The predicted molar refractivity (Wildman–Crippen MR) is 53.0 cm³/mol. The summed E-state index contributed by atoms with van der Waals surface area (Å²) in [4.78, 5) is 2.26. The molecule has 70 valence electrons. The molecule has 0 aromatic heterocycles. The van der Waals surface area contributed by atoms with Crippen molar-refractivity contribution in [2.75, 3.05) is 26.2 Å². The second-order valence-electron chi connectivity index (χ2n) is 3.24. The molecule has 0 radical (unpaired) electrons. The third kappa shape index (κ3) is 2.13. The Hall–Kier alpha value is -0.240. The van der Waals surface area contributed by atoms with Crippen molar-refractivity contribution in [3.63, 3.8) is 0 Å². The third-order valence-electron chi connectivity index (χ3n) is 2.15. The highest BCUT2D eigenvalue weighted by Crippen LogP contribution is 2.06. The molecule has 0 fully saturated rings. The molecule has 0 saturated carbocycles. The number of amidine groups is 1. The Labute approximate surface area is 79.8 Å². The molecule has 1 aliphatic heterocycles. The molecule has 1 rings (SSSR count). The van der Waals surface area contributed by atoms with Crippen molar-refractivity contribution in [2.45, 2.75) is 26.7 Å². The van der Waals surface area contributed by atoms with E-state index in [4.69, 9.17) is 11.6 Å². The molecule has 0 amide bonds. The van der Waals surface area contributed by atoms with Crippen LogP contribution >= 0.6 is 11.6 Å². The summed E-state index contributed by atoms with van der Waals surface area (Å²) >= 11 is 6.17. The molecule has 1 aliphatic rings. The molecule has 0 saturated heterocycles. The maximum atomic E-state index is 6.17. The number of rotatable bonds is 4. The van der Waals surface area contributed by atoms with Crippen LogP contribution in [0.25, 0.3) is 0 Å². The van der Waals surface area contributed by atoms with Gasteiger partial charge in [-0.05, 0) is 12.8 Å². The molecule has 0 aromatic carbocycles. The van der Waals surface area contributed by atoms with Gasteiger partial charge in [-0.2, -0.15) is 0 Å². The first kappa shape index (κ1) is 9.85. The summed E-state index contributed by atoms with van der Waals surface area (Å²) in [6.07, 6.45) is 2.35. The van der Waals surface area contributed by atoms with Gasteiger partial charge in [0.15, 0.2) is 0 Å². The zero-order valence-electron chi connectivity index (χ0n) is 8.02. The zero-order valence-corrected chi connectivity index (χ0v) is 8.77. The minimum Gasteiger partial charge on any atom is -0.247 e. The summed E-state index contributed by atoms with van der Waals surface area (Å²) in [5.41, 5.74) is 0. The summed E-state index contributed by atoms with van der Waals surface area (Å²) in [5, 5.41) is 0.957. The van der Waals surface area contributed by atoms with Crippen LogP contribution < -0.4 is 0 Å². The summed E-state index contributed by atoms with van der Waals surface area (Å²) in [6, 6.07) is 0. The average molecular weight is 190 g/mol. The van der Waals surface area contributed by atoms with Gasteiger partial charge < -0.3 is 0 Å². The van der Waals surface area contributed by atoms with Crippen LogP contribution in [0.5, 0.6) is 0 Å². The summed E-state index contributed by atoms with van der Waals surface area (Å²) in [5.74, 6) is 0. The van der Waals surface area contributed by atoms with E-state index in [0.29, 0.717) is 0 Å². The first-order valence-electron chi connectivity index (χ1n) is 4.82. The minimum absolute atomic E-state index is 0.957. The van der Waals surface area contributed by atoms with Crippen LogP contribution in [0.2, 0.25) is 0 Å². The summed E-state index contributed by atoms with van der Waals surface area (Å²) < 4.78 is 2.26. The number of hydrogen-bond donors (Lipinski definition) is 0. The average Bonchev–Trinajstić information content (AvgIpc) is 2.38. The van der Waals surface area contributed by atoms with Crippen LogP contribution in [0.15, 0.2) is 0 Å². The van der Waals surface area contributed by atoms with Crippen molar-refractivity contribution in [3.8, 4) is 0 Å². The van der Waals surface area contributed by atoms with E-state index in [1.807, 2.05) is 0 Å². The molecule has 0 unspecified atom stereocenters. The fourth-order valence-electron chi connectivity index (χ4n) is 1.57. The minimum atomic E-state index is 0.957. The first-order chi connectivity index (χ1) is 5.79. The Morgan fingerprint density at radius 1 is 1.42 bits per heavy atom. The van der Waals surface area contributed by atoms with Crippen molar-refractivity contribution in [1.29, 1.82) is 0 Å². The van der Waals surface area contributed by atoms with Gasteiger partial charge in [-0.1, -0.05) is 13.8 Å². The molecule has 1 heterocycles. The molecule has 3 heteroatoms. The molecule has 0 spiro atoms. The lowest BCUT2D eigenvalue weighted by Gasteiger charge is -2.06. The standard InChI is InChI=1S/C9H18ClN2/c1-3-5-11-7-8-12(6-4-2)9(11)10/h3-8H2,1-2H3/q+1. The van der Waals surface area contributed by atoms with E-state index in [-0.39, 0.29) is 0 Å². The highest BCUT2D eigenvalue weighted by atomic mass is 35.5. The normalized spacial score (nSPS) is 17.8. The SMILES string of the molecule is CCCN1CC[N+](CCC)=C1Cl. The third-order valence-corrected chi connectivity index (χ3v) is 2.63. The highest BCUT2D eigenvalue weighted by Gasteiger charge is 2.26. The maximum absolute atomic E-state index is 6.17. The smallest absolute Gasteiger partial charge is 0.247 e. The molecule has 2 nitrogen and oxygen atoms in total. The van der Waals surface area contributed by atoms with Crippen LogP contribution in [0.4, 0.5) is 0 Å². The highest BCUT2D eigenvalue weighted by molar-refractivity contribution is 6.63. The van der Waals surface area contributed by atoms with E-state index in [9.17, 15) is 0 Å². The fourth-order valence-corrected chi connectivity index (χ4v) is 1.91. The molecular weight excluding hydrogens is 172 g/mol. The molecule has 0 bridgehead atoms. The number of nitrogens with zero attached hydrogens (tertiary/aromatic N) is 2. The van der Waals surface area contributed by atoms with Gasteiger partial charge in [0.2, 0.25) is 0 Å². The zero-order chi connectivity index (χ0) is 8.97. The van der Waals surface area contributed by atoms with Gasteiger partial charge in [0.05, 0.1) is 13.1 Å². The van der Waals surface area contributed by atoms with Crippen molar-refractivity contribution >= 4 is 16.9 Å². The van der Waals surface area contributed by atoms with E-state index in [1.54, 1.807) is 0 Å². The number of halogens is 1. The van der Waals surface area contributed by atoms with Gasteiger partial charge in [-0.3, -0.25) is 0 Å². The summed E-state index contributed by atoms with van der Waals surface area (Å²) in [7, 11) is 0. The second-order valence-corrected chi connectivity index (χ2v) is 3.58. The largest absolute Gasteiger partial charge is 0.345 e. The van der Waals surface area contributed by atoms with E-state index in [2.05, 4.69) is 23.3 Å². The first-order valence-corrected chi connectivity index (χ1v) is 5.19. The van der Waals surface area contributed by atoms with Gasteiger partial charge in [0.25, 0.3) is 0 Å². The Bertz CT molecular complexity index is 177. The quantitative estimate of drug-likeness (QED) is 0.482. The lowest BCUT2D eigenvalue weighted by Crippen LogP contribution is -2.26. The monoisotopic (exact) mass is 189 g/mol. The van der Waals surface area contributed by atoms with Crippen LogP contribution in [0.1, 0.15) is 26.7 Å². The van der Waals surface area contributed by atoms with Crippen LogP contribution in [0, 0.1) is 0 Å². The van der Waals surface area contributed by atoms with Crippen molar-refractivity contribution < 1.29 is 4.58 Å². The molecule has 0 atom stereocenters. The van der Waals surface area contributed by atoms with E-state index >= 15 is 0 Å². The van der Waals surface area contributed by atoms with Gasteiger partial charge >= 0.3 is 5.29 Å². The Morgan fingerprint density at radius 2 is 2.17 bits per heavy atom. The van der Waals surface area contributed by atoms with Crippen LogP contribution in [-0.2, 0) is 0 Å². The molecule has 0 aromatic rings. The number of hydrogen-bond acceptors (Lipinski definition) is 1. The molecular formula is C9H18ClN2+. The van der Waals surface area contributed by atoms with Gasteiger partial charge in [-0.15, -0.1) is 0 Å². The van der Waals surface area contributed by atoms with Crippen LogP contribution in [-0.4, -0.2) is 40.9 Å². The maximum Gasteiger partial charge on any atom is 0.345 e. The van der Waals surface area contributed by atoms with Gasteiger partial charge in [0.1, 0.15) is 13.1 Å². The molecule has 0 aliphatic carbocycles. The Balaban J connectivity index is 2.50. The van der Waals surface area contributed by atoms with E-state index < -0.39 is 0 Å². The van der Waals surface area contributed by atoms with E-state index in [0.717, 1.165) is 31.5 Å². The van der Waals surface area contributed by atoms with E-state index in [1.165, 1.54) is 12.8 Å². The van der Waals surface area contributed by atoms with Gasteiger partial charge in [0, 0.05) is 11.6 Å². The summed E-state index contributed by atoms with van der Waals surface area (Å²) in [6.45, 7) is 8.77. The molecule has 0 N–H and O–H groups in total. The predicted octanol–water partition coefficient (Wildman–Crippen LogP) is 1.73. The fraction of sp³-hybridized carbons (Fsp3) is 0.889. The van der Waals surface area contributed by atoms with Gasteiger partial charge in [-0.25, -0.2) is 9.48 Å². The lowest BCUT2D eigenvalue weighted by molar-refractivity contribution is -0.515. The van der Waals surface area contributed by atoms with Crippen molar-refractivity contribution in [1.82, 2.24) is 4.90 Å². The Morgan fingerprint density at radius 3 is 2.75 bits per heavy atom. The lowest BCUT2D eigenvalue weighted by atomic mass is 10.4. The topological polar surface area (TPSA) is 6.25 Å². The Kier molecular flexibility index (Phi) is 3.86. The van der Waals surface area contributed by atoms with Crippen LogP contribution in [0.3, 0.4) is 0 Å². The van der Waals surface area contributed by atoms with Crippen molar-refractivity contribution in [2.24, 2.45) is 0 Å². The molecule has 12 heavy (non-hydrogen) atoms.